The van der Waals surface area contributed by atoms with Gasteiger partial charge in [0.2, 0.25) is 6.10 Å². The van der Waals surface area contributed by atoms with Gasteiger partial charge in [-0.2, -0.15) is 0 Å². The monoisotopic (exact) mass is 1010 g/mol. The summed E-state index contributed by atoms with van der Waals surface area (Å²) in [5.41, 5.74) is -0.442. The largest absolute Gasteiger partial charge is 0.497 e. The number of carbonyl (C=O) groups excluding carboxylic acids is 6. The van der Waals surface area contributed by atoms with Crippen molar-refractivity contribution in [2.75, 3.05) is 24.1 Å². The molecule has 3 heterocycles. The van der Waals surface area contributed by atoms with Gasteiger partial charge in [0, 0.05) is 11.6 Å². The molecule has 0 bridgehead atoms. The highest BCUT2D eigenvalue weighted by Gasteiger charge is 2.55. The van der Waals surface area contributed by atoms with E-state index in [0.717, 1.165) is 11.3 Å². The Hall–Kier alpha value is -6.15. The van der Waals surface area contributed by atoms with Crippen LogP contribution in [0.25, 0.3) is 0 Å². The van der Waals surface area contributed by atoms with Crippen LogP contribution in [0.5, 0.6) is 5.75 Å². The summed E-state index contributed by atoms with van der Waals surface area (Å²) in [7, 11) is 1.51. The maximum Gasteiger partial charge on any atom is 0.413 e. The van der Waals surface area contributed by atoms with E-state index in [0.29, 0.717) is 28.0 Å². The van der Waals surface area contributed by atoms with E-state index < -0.39 is 82.8 Å². The van der Waals surface area contributed by atoms with Gasteiger partial charge in [-0.3, -0.25) is 24.6 Å². The predicted molar refractivity (Wildman–Crippen MR) is 255 cm³/mol. The number of alkyl halides is 1. The van der Waals surface area contributed by atoms with Gasteiger partial charge >= 0.3 is 24.0 Å². The van der Waals surface area contributed by atoms with Gasteiger partial charge in [0.1, 0.15) is 50.7 Å². The Morgan fingerprint density at radius 2 is 1.51 bits per heavy atom. The third kappa shape index (κ3) is 13.3. The second-order valence-corrected chi connectivity index (χ2v) is 20.1. The SMILES string of the molecule is COc1ccc(COC(=O)[C@H](CC(=O)OC(C)(C)C)O/N=C(/C(=O)N[C@@H]2C(=O)N3C(C(=O)OC(c4ccccc4)c4ccccc4)=C(CCl)CS[C@H]23)c2nc(NC(=O)OC(C)(C)C)sc2Cl)cc1. The number of anilines is 1. The number of thiazole rings is 1. The molecule has 0 spiro atoms. The fraction of sp³-hybridized carbons (Fsp3) is 0.362. The van der Waals surface area contributed by atoms with E-state index in [1.54, 1.807) is 65.8 Å². The van der Waals surface area contributed by atoms with Gasteiger partial charge < -0.3 is 33.8 Å². The molecule has 4 aromatic rings. The molecule has 3 amide bonds. The summed E-state index contributed by atoms with van der Waals surface area (Å²) in [5, 5.41) is 8.19. The second-order valence-electron chi connectivity index (χ2n) is 17.1. The molecule has 2 aliphatic rings. The number of nitrogens with zero attached hydrogens (tertiary/aromatic N) is 3. The van der Waals surface area contributed by atoms with E-state index in [2.05, 4.69) is 20.8 Å². The molecule has 2 aliphatic heterocycles. The quantitative estimate of drug-likeness (QED) is 0.0257. The Labute approximate surface area is 410 Å². The third-order valence-electron chi connectivity index (χ3n) is 9.60. The van der Waals surface area contributed by atoms with Crippen molar-refractivity contribution in [2.45, 2.75) is 89.4 Å². The first-order chi connectivity index (χ1) is 32.2. The van der Waals surface area contributed by atoms with Crippen LogP contribution < -0.4 is 15.4 Å². The lowest BCUT2D eigenvalue weighted by Crippen LogP contribution is -2.71. The zero-order valence-electron chi connectivity index (χ0n) is 38.0. The minimum Gasteiger partial charge on any atom is -0.497 e. The first-order valence-electron chi connectivity index (χ1n) is 21.0. The molecule has 17 nitrogen and oxygen atoms in total. The topological polar surface area (TPSA) is 210 Å². The Balaban J connectivity index is 1.28. The van der Waals surface area contributed by atoms with Crippen molar-refractivity contribution < 1.29 is 57.3 Å². The number of aromatic nitrogens is 1. The Kier molecular flexibility index (Phi) is 16.8. The third-order valence-corrected chi connectivity index (χ3v) is 12.4. The highest BCUT2D eigenvalue weighted by molar-refractivity contribution is 8.00. The standard InChI is InChI=1S/C47H49Cl2N5O12S2/c1-46(2,3)64-32(55)22-31(42(58)62-24-26-18-20-30(61-7)21-19-26)66-53-34(33-38(49)68-44(51-33)52-45(60)65-47(4,5)6)39(56)50-35-40(57)54-36(29(23-48)25-67-41(35)54)43(59)63-37(27-14-10-8-11-15-27)28-16-12-9-13-17-28/h8-21,31,35,37,41H,22-25H2,1-7H3,(H,50,56)(H,51,52,60)/b53-34+/t31-,35+,41+/m0/s1. The van der Waals surface area contributed by atoms with Gasteiger partial charge in [0.05, 0.1) is 13.5 Å². The van der Waals surface area contributed by atoms with Gasteiger partial charge in [0.15, 0.2) is 16.9 Å². The van der Waals surface area contributed by atoms with E-state index in [4.69, 9.17) is 51.7 Å². The van der Waals surface area contributed by atoms with Gasteiger partial charge in [-0.05, 0) is 75.9 Å². The van der Waals surface area contributed by atoms with Crippen molar-refractivity contribution in [3.63, 3.8) is 0 Å². The molecule has 0 unspecified atom stereocenters. The predicted octanol–water partition coefficient (Wildman–Crippen LogP) is 7.94. The summed E-state index contributed by atoms with van der Waals surface area (Å²) in [4.78, 5) is 93.3. The Bertz CT molecular complexity index is 2520. The summed E-state index contributed by atoms with van der Waals surface area (Å²) in [6, 6.07) is 23.7. The fourth-order valence-electron chi connectivity index (χ4n) is 6.60. The zero-order chi connectivity index (χ0) is 49.3. The number of carbonyl (C=O) groups is 6. The van der Waals surface area contributed by atoms with Crippen LogP contribution >= 0.6 is 46.3 Å². The van der Waals surface area contributed by atoms with Crippen LogP contribution in [-0.4, -0.2) is 98.9 Å². The molecule has 3 atom stereocenters. The number of rotatable bonds is 17. The molecule has 3 aromatic carbocycles. The van der Waals surface area contributed by atoms with Gasteiger partial charge in [-0.25, -0.2) is 19.4 Å². The highest BCUT2D eigenvalue weighted by Crippen LogP contribution is 2.42. The minimum absolute atomic E-state index is 0.0492. The van der Waals surface area contributed by atoms with Crippen molar-refractivity contribution in [1.82, 2.24) is 15.2 Å². The van der Waals surface area contributed by atoms with E-state index >= 15 is 0 Å². The Morgan fingerprint density at radius 3 is 2.09 bits per heavy atom. The van der Waals surface area contributed by atoms with Crippen LogP contribution in [0.2, 0.25) is 4.34 Å². The number of methoxy groups -OCH3 is 1. The van der Waals surface area contributed by atoms with E-state index in [-0.39, 0.29) is 39.1 Å². The lowest BCUT2D eigenvalue weighted by molar-refractivity contribution is -0.169. The number of ether oxygens (including phenoxy) is 5. The zero-order valence-corrected chi connectivity index (χ0v) is 41.2. The number of hydrogen-bond donors (Lipinski definition) is 2. The number of hydrogen-bond acceptors (Lipinski definition) is 16. The summed E-state index contributed by atoms with van der Waals surface area (Å²) in [5.74, 6) is -3.74. The summed E-state index contributed by atoms with van der Waals surface area (Å²) in [6.45, 7) is 9.64. The molecule has 68 heavy (non-hydrogen) atoms. The summed E-state index contributed by atoms with van der Waals surface area (Å²) < 4.78 is 27.4. The number of benzene rings is 3. The normalized spacial score (nSPS) is 16.5. The molecular weight excluding hydrogens is 962 g/mol. The van der Waals surface area contributed by atoms with Crippen LogP contribution in [0.3, 0.4) is 0 Å². The molecule has 1 saturated heterocycles. The first kappa shape index (κ1) is 51.2. The van der Waals surface area contributed by atoms with Crippen LogP contribution in [0.4, 0.5) is 9.93 Å². The number of halogens is 2. The summed E-state index contributed by atoms with van der Waals surface area (Å²) >= 11 is 15.0. The van der Waals surface area contributed by atoms with Crippen LogP contribution in [0.15, 0.2) is 101 Å². The van der Waals surface area contributed by atoms with Crippen molar-refractivity contribution >= 4 is 93.0 Å². The lowest BCUT2D eigenvalue weighted by Gasteiger charge is -2.49. The number of esters is 3. The van der Waals surface area contributed by atoms with Crippen molar-refractivity contribution in [3.8, 4) is 5.75 Å². The van der Waals surface area contributed by atoms with E-state index in [1.165, 1.54) is 23.8 Å². The lowest BCUT2D eigenvalue weighted by atomic mass is 10.0. The maximum absolute atomic E-state index is 14.4. The molecule has 1 fully saturated rings. The molecule has 2 N–H and O–H groups in total. The molecule has 0 aliphatic carbocycles. The molecule has 6 rings (SSSR count). The average molecular weight is 1010 g/mol. The number of thioether (sulfide) groups is 1. The molecule has 21 heteroatoms. The fourth-order valence-corrected chi connectivity index (χ4v) is 9.31. The first-order valence-corrected chi connectivity index (χ1v) is 23.8. The molecule has 1 aromatic heterocycles. The maximum atomic E-state index is 14.4. The Morgan fingerprint density at radius 1 is 0.897 bits per heavy atom. The van der Waals surface area contributed by atoms with Gasteiger partial charge in [-0.15, -0.1) is 23.4 Å². The van der Waals surface area contributed by atoms with Crippen molar-refractivity contribution in [3.05, 3.63) is 123 Å². The number of fused-ring (bicyclic) bond motifs is 1. The number of β-lactam (4-membered cyclic amide) rings is 1. The van der Waals surface area contributed by atoms with E-state index in [9.17, 15) is 28.8 Å². The van der Waals surface area contributed by atoms with Crippen molar-refractivity contribution in [2.24, 2.45) is 5.16 Å². The average Bonchev–Trinajstić information content (AvgIpc) is 3.65. The number of nitrogens with one attached hydrogen (secondary N) is 2. The van der Waals surface area contributed by atoms with Crippen LogP contribution in [-0.2, 0) is 54.4 Å². The van der Waals surface area contributed by atoms with E-state index in [1.807, 2.05) is 60.7 Å². The van der Waals surface area contributed by atoms with Gasteiger partial charge in [-0.1, -0.05) is 101 Å². The smallest absolute Gasteiger partial charge is 0.413 e. The second kappa shape index (κ2) is 22.3. The molecule has 0 saturated carbocycles. The molecule has 0 radical (unpaired) electrons. The highest BCUT2D eigenvalue weighted by atomic mass is 35.5. The van der Waals surface area contributed by atoms with Crippen molar-refractivity contribution in [1.29, 1.82) is 0 Å². The van der Waals surface area contributed by atoms with Gasteiger partial charge in [0.25, 0.3) is 11.8 Å². The minimum atomic E-state index is -1.78. The molecular formula is C47H49Cl2N5O12S2. The number of amides is 3. The van der Waals surface area contributed by atoms with Crippen LogP contribution in [0, 0.1) is 0 Å². The summed E-state index contributed by atoms with van der Waals surface area (Å²) in [6.07, 6.45) is -4.19. The van der Waals surface area contributed by atoms with Crippen LogP contribution in [0.1, 0.15) is 76.5 Å². The number of oxime groups is 1. The molecule has 360 valence electrons.